The molecule has 0 aromatic carbocycles. The Balaban J connectivity index is -0.000000300. The summed E-state index contributed by atoms with van der Waals surface area (Å²) >= 11 is 0. The van der Waals surface area contributed by atoms with Crippen LogP contribution >= 0.6 is 0 Å². The highest BCUT2D eigenvalue weighted by molar-refractivity contribution is 5.84. The number of allylic oxidation sites excluding steroid dienone is 1. The monoisotopic (exact) mass is 314 g/mol. The van der Waals surface area contributed by atoms with Gasteiger partial charge in [0.15, 0.2) is 5.78 Å². The van der Waals surface area contributed by atoms with E-state index < -0.39 is 43.4 Å². The standard InChI is InChI=1S/C6H12O6.C3H8O3.C3H6/c7-1-3(9)5(11)6(12)4(10)2-8;4-1-3(6)2-5;1-3-2/h3,5-9,11-12H,1-2H2;3-6H,1-2H2;3H,1H2,2H3/t3-,5+,6+;;/m1../s1. The molecule has 0 saturated carbocycles. The number of ketones is 1. The van der Waals surface area contributed by atoms with Crippen LogP contribution in [0.1, 0.15) is 6.92 Å². The van der Waals surface area contributed by atoms with Crippen molar-refractivity contribution in [1.82, 2.24) is 0 Å². The molecule has 0 aliphatic carbocycles. The minimum absolute atomic E-state index is 0.365. The van der Waals surface area contributed by atoms with Crippen LogP contribution in [0.4, 0.5) is 0 Å². The van der Waals surface area contributed by atoms with Crippen LogP contribution in [0.5, 0.6) is 0 Å². The Morgan fingerprint density at radius 2 is 1.38 bits per heavy atom. The van der Waals surface area contributed by atoms with Crippen molar-refractivity contribution in [2.75, 3.05) is 26.4 Å². The highest BCUT2D eigenvalue weighted by atomic mass is 16.4. The zero-order valence-electron chi connectivity index (χ0n) is 11.9. The first-order valence-corrected chi connectivity index (χ1v) is 6.02. The normalized spacial score (nSPS) is 14.0. The topological polar surface area (TPSA) is 179 Å². The van der Waals surface area contributed by atoms with Crippen LogP contribution in [-0.2, 0) is 4.79 Å². The average Bonchev–Trinajstić information content (AvgIpc) is 2.52. The molecule has 0 amide bonds. The molecule has 0 unspecified atom stereocenters. The molecule has 0 spiro atoms. The van der Waals surface area contributed by atoms with Crippen molar-refractivity contribution in [3.63, 3.8) is 0 Å². The first-order valence-electron chi connectivity index (χ1n) is 6.02. The summed E-state index contributed by atoms with van der Waals surface area (Å²) in [6.45, 7) is 2.83. The highest BCUT2D eigenvalue weighted by Gasteiger charge is 2.28. The van der Waals surface area contributed by atoms with Gasteiger partial charge in [-0.25, -0.2) is 0 Å². The lowest BCUT2D eigenvalue weighted by Gasteiger charge is -2.19. The molecule has 0 aliphatic heterocycles. The summed E-state index contributed by atoms with van der Waals surface area (Å²) in [6.07, 6.45) is -4.42. The second-order valence-corrected chi connectivity index (χ2v) is 3.74. The van der Waals surface area contributed by atoms with E-state index in [-0.39, 0.29) is 13.2 Å². The van der Waals surface area contributed by atoms with Gasteiger partial charge in [-0.05, 0) is 6.92 Å². The first kappa shape index (κ1) is 25.1. The summed E-state index contributed by atoms with van der Waals surface area (Å²) in [5.41, 5.74) is 0. The smallest absolute Gasteiger partial charge is 0.189 e. The molecule has 128 valence electrons. The van der Waals surface area contributed by atoms with Gasteiger partial charge in [0, 0.05) is 0 Å². The molecule has 0 saturated heterocycles. The first-order chi connectivity index (χ1) is 9.76. The van der Waals surface area contributed by atoms with E-state index in [1.165, 1.54) is 0 Å². The van der Waals surface area contributed by atoms with Gasteiger partial charge in [0.05, 0.1) is 19.8 Å². The summed E-state index contributed by atoms with van der Waals surface area (Å²) in [4.78, 5) is 10.5. The van der Waals surface area contributed by atoms with Gasteiger partial charge in [0.2, 0.25) is 0 Å². The van der Waals surface area contributed by atoms with Crippen LogP contribution in [0.25, 0.3) is 0 Å². The Morgan fingerprint density at radius 1 is 1.00 bits per heavy atom. The molecule has 0 heterocycles. The van der Waals surface area contributed by atoms with E-state index in [2.05, 4.69) is 6.58 Å². The van der Waals surface area contributed by atoms with Crippen molar-refractivity contribution in [3.8, 4) is 0 Å². The molecule has 0 rings (SSSR count). The summed E-state index contributed by atoms with van der Waals surface area (Å²) in [7, 11) is 0. The Hall–Kier alpha value is -0.910. The molecule has 0 radical (unpaired) electrons. The lowest BCUT2D eigenvalue weighted by Crippen LogP contribution is -2.44. The maximum atomic E-state index is 10.5. The fourth-order valence-corrected chi connectivity index (χ4v) is 0.660. The molecule has 0 aromatic rings. The molecule has 0 aliphatic rings. The van der Waals surface area contributed by atoms with Crippen LogP contribution in [0.3, 0.4) is 0 Å². The van der Waals surface area contributed by atoms with Crippen LogP contribution < -0.4 is 0 Å². The van der Waals surface area contributed by atoms with Crippen LogP contribution in [0.15, 0.2) is 12.7 Å². The molecule has 9 nitrogen and oxygen atoms in total. The van der Waals surface area contributed by atoms with E-state index in [1.807, 2.05) is 6.92 Å². The number of hydrogen-bond acceptors (Lipinski definition) is 9. The van der Waals surface area contributed by atoms with Crippen molar-refractivity contribution >= 4 is 5.78 Å². The van der Waals surface area contributed by atoms with Gasteiger partial charge in [0.25, 0.3) is 0 Å². The third kappa shape index (κ3) is 15.3. The number of aliphatic hydroxyl groups is 8. The number of carbonyl (C=O) groups excluding carboxylic acids is 1. The number of hydrogen-bond donors (Lipinski definition) is 8. The van der Waals surface area contributed by atoms with E-state index in [0.717, 1.165) is 0 Å². The van der Waals surface area contributed by atoms with Gasteiger partial charge in [-0.3, -0.25) is 4.79 Å². The predicted octanol–water partition coefficient (Wildman–Crippen LogP) is -3.85. The van der Waals surface area contributed by atoms with E-state index in [9.17, 15) is 4.79 Å². The summed E-state index contributed by atoms with van der Waals surface area (Å²) in [5.74, 6) is -1.00. The van der Waals surface area contributed by atoms with Gasteiger partial charge < -0.3 is 40.9 Å². The molecule has 8 N–H and O–H groups in total. The molecule has 3 atom stereocenters. The van der Waals surface area contributed by atoms with Crippen LogP contribution in [0.2, 0.25) is 0 Å². The van der Waals surface area contributed by atoms with Crippen molar-refractivity contribution in [2.24, 2.45) is 0 Å². The van der Waals surface area contributed by atoms with Gasteiger partial charge >= 0.3 is 0 Å². The molecular formula is C12H26O9. The van der Waals surface area contributed by atoms with Gasteiger partial charge in [-0.15, -0.1) is 6.58 Å². The van der Waals surface area contributed by atoms with Crippen LogP contribution in [0, 0.1) is 0 Å². The number of rotatable bonds is 7. The molecule has 21 heavy (non-hydrogen) atoms. The Kier molecular flexibility index (Phi) is 20.5. The minimum Gasteiger partial charge on any atom is -0.394 e. The van der Waals surface area contributed by atoms with Crippen molar-refractivity contribution in [3.05, 3.63) is 12.7 Å². The van der Waals surface area contributed by atoms with E-state index >= 15 is 0 Å². The lowest BCUT2D eigenvalue weighted by molar-refractivity contribution is -0.142. The molecule has 0 bridgehead atoms. The van der Waals surface area contributed by atoms with Gasteiger partial charge in [0.1, 0.15) is 31.0 Å². The largest absolute Gasteiger partial charge is 0.394 e. The average molecular weight is 314 g/mol. The number of carbonyl (C=O) groups is 1. The second-order valence-electron chi connectivity index (χ2n) is 3.74. The van der Waals surface area contributed by atoms with E-state index in [4.69, 9.17) is 40.9 Å². The Bertz CT molecular complexity index is 243. The summed E-state index contributed by atoms with van der Waals surface area (Å²) in [6, 6.07) is 0. The second kappa shape index (κ2) is 17.1. The van der Waals surface area contributed by atoms with Crippen molar-refractivity contribution < 1.29 is 45.6 Å². The number of Topliss-reactive ketones (excluding diaryl/α,β-unsaturated/α-hetero) is 1. The van der Waals surface area contributed by atoms with Crippen LogP contribution in [-0.4, -0.2) is 97.5 Å². The zero-order valence-corrected chi connectivity index (χ0v) is 11.9. The minimum atomic E-state index is -1.86. The SMILES string of the molecule is C=CC.O=C(CO)[C@H](O)[C@@H](O)[C@H](O)CO.OCC(O)CO. The lowest BCUT2D eigenvalue weighted by atomic mass is 10.1. The fourth-order valence-electron chi connectivity index (χ4n) is 0.660. The molecule has 9 heteroatoms. The van der Waals surface area contributed by atoms with Gasteiger partial charge in [-0.2, -0.15) is 0 Å². The maximum Gasteiger partial charge on any atom is 0.189 e. The maximum absolute atomic E-state index is 10.5. The zero-order chi connectivity index (χ0) is 17.4. The van der Waals surface area contributed by atoms with E-state index in [0.29, 0.717) is 0 Å². The third-order valence-corrected chi connectivity index (χ3v) is 1.81. The summed E-state index contributed by atoms with van der Waals surface area (Å²) < 4.78 is 0. The van der Waals surface area contributed by atoms with E-state index in [1.54, 1.807) is 6.08 Å². The Morgan fingerprint density at radius 3 is 1.57 bits per heavy atom. The highest BCUT2D eigenvalue weighted by Crippen LogP contribution is 2.00. The van der Waals surface area contributed by atoms with Crippen molar-refractivity contribution in [2.45, 2.75) is 31.3 Å². The van der Waals surface area contributed by atoms with Crippen molar-refractivity contribution in [1.29, 1.82) is 0 Å². The number of aliphatic hydroxyl groups excluding tert-OH is 8. The van der Waals surface area contributed by atoms with Gasteiger partial charge in [-0.1, -0.05) is 6.08 Å². The molecular weight excluding hydrogens is 288 g/mol. The third-order valence-electron chi connectivity index (χ3n) is 1.81. The predicted molar refractivity (Wildman–Crippen MR) is 73.2 cm³/mol. The molecule has 0 fully saturated rings. The quantitative estimate of drug-likeness (QED) is 0.218. The fraction of sp³-hybridized carbons (Fsp3) is 0.750. The summed E-state index contributed by atoms with van der Waals surface area (Å²) in [5, 5.41) is 67.1. The Labute approximate surface area is 123 Å². The molecule has 0 aromatic heterocycles.